The summed E-state index contributed by atoms with van der Waals surface area (Å²) in [6.45, 7) is 1.76. The predicted octanol–water partition coefficient (Wildman–Crippen LogP) is 2.05. The number of carbonyl (C=O) groups is 2. The maximum absolute atomic E-state index is 13.3. The molecule has 0 unspecified atom stereocenters. The molecule has 174 valence electrons. The Morgan fingerprint density at radius 3 is 2.91 bits per heavy atom. The summed E-state index contributed by atoms with van der Waals surface area (Å²) in [6.07, 6.45) is 1.55. The maximum Gasteiger partial charge on any atom is 0.263 e. The quantitative estimate of drug-likeness (QED) is 0.389. The number of nitrogens with two attached hydrogens (primary N) is 1. The van der Waals surface area contributed by atoms with Gasteiger partial charge in [0.1, 0.15) is 10.8 Å². The largest absolute Gasteiger partial charge is 0.380 e. The molecule has 11 nitrogen and oxygen atoms in total. The minimum Gasteiger partial charge on any atom is -0.380 e. The van der Waals surface area contributed by atoms with E-state index in [1.54, 1.807) is 29.9 Å². The summed E-state index contributed by atoms with van der Waals surface area (Å²) in [4.78, 5) is 36.2. The molecule has 0 radical (unpaired) electrons. The van der Waals surface area contributed by atoms with Crippen LogP contribution in [0.25, 0.3) is 21.5 Å². The zero-order valence-corrected chi connectivity index (χ0v) is 18.8. The monoisotopic (exact) mass is 480 g/mol. The number of fused-ring (bicyclic) bond motifs is 1. The number of aromatic nitrogens is 3. The van der Waals surface area contributed by atoms with Crippen LogP contribution in [-0.4, -0.2) is 56.9 Å². The molecule has 0 bridgehead atoms. The highest BCUT2D eigenvalue weighted by Crippen LogP contribution is 2.32. The molecular weight excluding hydrogens is 460 g/mol. The number of morpholine rings is 1. The molecule has 1 aliphatic heterocycles. The number of nitrogens with one attached hydrogen (secondary N) is 1. The van der Waals surface area contributed by atoms with Gasteiger partial charge in [-0.25, -0.2) is 4.98 Å². The first-order valence-corrected chi connectivity index (χ1v) is 11.2. The Hall–Kier alpha value is -3.87. The predicted molar refractivity (Wildman–Crippen MR) is 125 cm³/mol. The molecule has 1 aliphatic rings. The fraction of sp³-hybridized carbons (Fsp3) is 0.227. The second kappa shape index (κ2) is 8.48. The van der Waals surface area contributed by atoms with E-state index in [9.17, 15) is 14.7 Å². The van der Waals surface area contributed by atoms with Gasteiger partial charge in [-0.3, -0.25) is 19.5 Å². The molecular formula is C22H20N6O5S. The normalized spacial score (nSPS) is 19.4. The van der Waals surface area contributed by atoms with Gasteiger partial charge in [-0.05, 0) is 31.2 Å². The van der Waals surface area contributed by atoms with Gasteiger partial charge in [0.15, 0.2) is 23.1 Å². The molecule has 3 aromatic heterocycles. The number of ether oxygens (including phenoxy) is 1. The molecule has 0 spiro atoms. The Morgan fingerprint density at radius 2 is 2.12 bits per heavy atom. The van der Waals surface area contributed by atoms with Crippen LogP contribution >= 0.6 is 11.3 Å². The van der Waals surface area contributed by atoms with Crippen LogP contribution in [0.1, 0.15) is 6.92 Å². The lowest BCUT2D eigenvalue weighted by Gasteiger charge is -2.40. The van der Waals surface area contributed by atoms with Crippen LogP contribution in [0.2, 0.25) is 0 Å². The van der Waals surface area contributed by atoms with Crippen molar-refractivity contribution in [1.29, 1.82) is 0 Å². The van der Waals surface area contributed by atoms with Crippen LogP contribution in [0, 0.1) is 0 Å². The third-order valence-corrected chi connectivity index (χ3v) is 6.50. The lowest BCUT2D eigenvalue weighted by Crippen LogP contribution is -2.63. The number of benzene rings is 1. The molecule has 2 atom stereocenters. The van der Waals surface area contributed by atoms with Gasteiger partial charge >= 0.3 is 0 Å². The van der Waals surface area contributed by atoms with E-state index in [1.807, 2.05) is 12.1 Å². The lowest BCUT2D eigenvalue weighted by atomic mass is 9.94. The summed E-state index contributed by atoms with van der Waals surface area (Å²) in [5, 5.41) is 20.2. The number of hydrogen-bond donors (Lipinski definition) is 3. The van der Waals surface area contributed by atoms with Gasteiger partial charge in [-0.1, -0.05) is 5.16 Å². The van der Waals surface area contributed by atoms with Crippen LogP contribution in [0.5, 0.6) is 0 Å². The molecule has 12 heteroatoms. The van der Waals surface area contributed by atoms with Crippen LogP contribution in [0.15, 0.2) is 52.6 Å². The summed E-state index contributed by atoms with van der Waals surface area (Å²) in [5.74, 6) is -0.708. The van der Waals surface area contributed by atoms with Crippen molar-refractivity contribution in [2.75, 3.05) is 29.1 Å². The Balaban J connectivity index is 1.34. The van der Waals surface area contributed by atoms with E-state index in [0.717, 1.165) is 10.6 Å². The Labute approximate surface area is 197 Å². The van der Waals surface area contributed by atoms with Crippen LogP contribution in [0.3, 0.4) is 0 Å². The van der Waals surface area contributed by atoms with E-state index in [2.05, 4.69) is 20.4 Å². The Kier molecular flexibility index (Phi) is 5.48. The number of aliphatic hydroxyl groups is 1. The van der Waals surface area contributed by atoms with Gasteiger partial charge in [0.2, 0.25) is 0 Å². The third-order valence-electron chi connectivity index (χ3n) is 5.62. The summed E-state index contributed by atoms with van der Waals surface area (Å²) in [7, 11) is 0. The summed E-state index contributed by atoms with van der Waals surface area (Å²) in [5.41, 5.74) is 5.50. The van der Waals surface area contributed by atoms with Crippen molar-refractivity contribution >= 4 is 51.4 Å². The standard InChI is InChI=1S/C22H20N6O5S/c1-22(17(29)19(30)25-13-2-3-14-15(10-13)33-27-18(14)23)21(31)28(8-9-32-22)16-11-34-20(26-16)12-4-6-24-7-5-12/h2-7,10-11,17,29H,8-9H2,1H3,(H2,23,27)(H,25,30)/t17-,22+/m0/s1. The molecule has 34 heavy (non-hydrogen) atoms. The Bertz CT molecular complexity index is 1370. The fourth-order valence-corrected chi connectivity index (χ4v) is 4.52. The first kappa shape index (κ1) is 21.9. The number of nitrogen functional groups attached to an aromatic ring is 1. The van der Waals surface area contributed by atoms with Crippen molar-refractivity contribution in [2.45, 2.75) is 18.6 Å². The zero-order valence-electron chi connectivity index (χ0n) is 18.0. The summed E-state index contributed by atoms with van der Waals surface area (Å²) >= 11 is 1.38. The molecule has 0 aliphatic carbocycles. The summed E-state index contributed by atoms with van der Waals surface area (Å²) in [6, 6.07) is 8.41. The first-order valence-electron chi connectivity index (χ1n) is 10.3. The average molecular weight is 481 g/mol. The molecule has 5 rings (SSSR count). The second-order valence-corrected chi connectivity index (χ2v) is 8.69. The number of thiazole rings is 1. The van der Waals surface area contributed by atoms with E-state index in [1.165, 1.54) is 29.2 Å². The number of pyridine rings is 1. The van der Waals surface area contributed by atoms with E-state index < -0.39 is 23.5 Å². The molecule has 4 N–H and O–H groups in total. The first-order chi connectivity index (χ1) is 16.4. The average Bonchev–Trinajstić information content (AvgIpc) is 3.48. The number of rotatable bonds is 5. The smallest absolute Gasteiger partial charge is 0.263 e. The highest BCUT2D eigenvalue weighted by atomic mass is 32.1. The number of carbonyl (C=O) groups excluding carboxylic acids is 2. The highest BCUT2D eigenvalue weighted by Gasteiger charge is 2.51. The highest BCUT2D eigenvalue weighted by molar-refractivity contribution is 7.13. The molecule has 2 amide bonds. The van der Waals surface area contributed by atoms with Gasteiger partial charge < -0.3 is 25.4 Å². The third kappa shape index (κ3) is 3.77. The van der Waals surface area contributed by atoms with Crippen molar-refractivity contribution in [3.8, 4) is 10.6 Å². The van der Waals surface area contributed by atoms with E-state index in [4.69, 9.17) is 15.0 Å². The summed E-state index contributed by atoms with van der Waals surface area (Å²) < 4.78 is 10.7. The van der Waals surface area contributed by atoms with Crippen LogP contribution in [-0.2, 0) is 14.3 Å². The Morgan fingerprint density at radius 1 is 1.32 bits per heavy atom. The molecule has 1 aromatic carbocycles. The van der Waals surface area contributed by atoms with Gasteiger partial charge in [-0.15, -0.1) is 11.3 Å². The zero-order chi connectivity index (χ0) is 23.9. The van der Waals surface area contributed by atoms with Gasteiger partial charge in [-0.2, -0.15) is 0 Å². The minimum absolute atomic E-state index is 0.123. The van der Waals surface area contributed by atoms with E-state index >= 15 is 0 Å². The van der Waals surface area contributed by atoms with Crippen molar-refractivity contribution < 1.29 is 24.0 Å². The molecule has 0 saturated carbocycles. The van der Waals surface area contributed by atoms with Crippen molar-refractivity contribution in [2.24, 2.45) is 0 Å². The fourth-order valence-electron chi connectivity index (χ4n) is 3.71. The number of amides is 2. The van der Waals surface area contributed by atoms with E-state index in [-0.39, 0.29) is 19.0 Å². The molecule has 4 aromatic rings. The topological polar surface area (TPSA) is 157 Å². The van der Waals surface area contributed by atoms with Crippen molar-refractivity contribution in [1.82, 2.24) is 15.1 Å². The number of nitrogens with zero attached hydrogens (tertiary/aromatic N) is 4. The number of hydrogen-bond acceptors (Lipinski definition) is 10. The lowest BCUT2D eigenvalue weighted by molar-refractivity contribution is -0.170. The van der Waals surface area contributed by atoms with Crippen molar-refractivity contribution in [3.63, 3.8) is 0 Å². The molecule has 1 saturated heterocycles. The SMILES string of the molecule is C[C@]1([C@@H](O)C(=O)Nc2ccc3c(N)noc3c2)OCCN(c2csc(-c3ccncc3)n2)C1=O. The molecule has 4 heterocycles. The van der Waals surface area contributed by atoms with Gasteiger partial charge in [0.25, 0.3) is 11.8 Å². The van der Waals surface area contributed by atoms with Gasteiger partial charge in [0, 0.05) is 35.1 Å². The maximum atomic E-state index is 13.3. The number of aliphatic hydroxyl groups excluding tert-OH is 1. The van der Waals surface area contributed by atoms with E-state index in [0.29, 0.717) is 22.5 Å². The van der Waals surface area contributed by atoms with Gasteiger partial charge in [0.05, 0.1) is 18.5 Å². The van der Waals surface area contributed by atoms with Crippen molar-refractivity contribution in [3.05, 3.63) is 48.1 Å². The van der Waals surface area contributed by atoms with Crippen LogP contribution in [0.4, 0.5) is 17.3 Å². The molecule has 1 fully saturated rings. The van der Waals surface area contributed by atoms with Crippen LogP contribution < -0.4 is 16.0 Å². The minimum atomic E-state index is -1.80. The number of anilines is 3. The second-order valence-electron chi connectivity index (χ2n) is 7.83.